The molecule has 2 amide bonds. The summed E-state index contributed by atoms with van der Waals surface area (Å²) < 4.78 is 13.0. The van der Waals surface area contributed by atoms with Gasteiger partial charge in [0.05, 0.1) is 29.3 Å². The molecule has 0 radical (unpaired) electrons. The number of aryl methyl sites for hydroxylation is 1. The number of carbonyl (C=O) groups excluding carboxylic acids is 2. The fourth-order valence-electron chi connectivity index (χ4n) is 5.45. The summed E-state index contributed by atoms with van der Waals surface area (Å²) in [6.45, 7) is 16.3. The van der Waals surface area contributed by atoms with Crippen molar-refractivity contribution in [2.24, 2.45) is 10.4 Å². The summed E-state index contributed by atoms with van der Waals surface area (Å²) in [5.74, 6) is 0.920. The smallest absolute Gasteiger partial charge is 0.414 e. The summed E-state index contributed by atoms with van der Waals surface area (Å²) in [6, 6.07) is 12.6. The number of para-hydroxylation sites is 2. The molecule has 2 N–H and O–H groups in total. The van der Waals surface area contributed by atoms with E-state index in [-0.39, 0.29) is 18.5 Å². The van der Waals surface area contributed by atoms with Crippen LogP contribution < -0.4 is 10.6 Å². The topological polar surface area (TPSA) is 123 Å². The van der Waals surface area contributed by atoms with Gasteiger partial charge >= 0.3 is 12.2 Å². The number of hydrogen-bond donors (Lipinski definition) is 2. The molecule has 244 valence electrons. The van der Waals surface area contributed by atoms with E-state index >= 15 is 0 Å². The van der Waals surface area contributed by atoms with Gasteiger partial charge in [0.1, 0.15) is 17.0 Å². The maximum absolute atomic E-state index is 12.6. The molecule has 0 saturated heterocycles. The van der Waals surface area contributed by atoms with Crippen LogP contribution in [0.25, 0.3) is 11.0 Å². The highest BCUT2D eigenvalue weighted by Crippen LogP contribution is 2.33. The number of alkyl carbamates (subject to hydrolysis) is 2. The molecule has 11 heteroatoms. The molecule has 2 aromatic heterocycles. The Morgan fingerprint density at radius 1 is 0.978 bits per heavy atom. The molecule has 0 fully saturated rings. The third-order valence-electron chi connectivity index (χ3n) is 7.31. The quantitative estimate of drug-likeness (QED) is 0.233. The number of imidazole rings is 1. The van der Waals surface area contributed by atoms with E-state index in [0.29, 0.717) is 13.1 Å². The second kappa shape index (κ2) is 13.6. The van der Waals surface area contributed by atoms with Crippen molar-refractivity contribution >= 4 is 29.2 Å². The van der Waals surface area contributed by atoms with Gasteiger partial charge in [0.2, 0.25) is 5.96 Å². The molecule has 2 heterocycles. The summed E-state index contributed by atoms with van der Waals surface area (Å²) in [5, 5.41) is 5.16. The number of guanidine groups is 1. The Hall–Kier alpha value is -3.99. The molecule has 1 unspecified atom stereocenters. The van der Waals surface area contributed by atoms with Crippen LogP contribution in [0.3, 0.4) is 0 Å². The molecule has 1 aromatic carbocycles. The molecule has 4 rings (SSSR count). The number of ether oxygens (including phenoxy) is 2. The zero-order chi connectivity index (χ0) is 33.0. The van der Waals surface area contributed by atoms with Crippen molar-refractivity contribution in [2.45, 2.75) is 105 Å². The first-order chi connectivity index (χ1) is 21.0. The first-order valence-corrected chi connectivity index (χ1v) is 15.6. The first kappa shape index (κ1) is 33.9. The fourth-order valence-corrected chi connectivity index (χ4v) is 5.45. The van der Waals surface area contributed by atoms with Gasteiger partial charge in [-0.25, -0.2) is 14.6 Å². The Morgan fingerprint density at radius 2 is 1.62 bits per heavy atom. The lowest BCUT2D eigenvalue weighted by Gasteiger charge is -2.32. The summed E-state index contributed by atoms with van der Waals surface area (Å²) in [5.41, 5.74) is 2.62. The Bertz CT molecular complexity index is 1500. The van der Waals surface area contributed by atoms with Gasteiger partial charge in [0.25, 0.3) is 0 Å². The Kier molecular flexibility index (Phi) is 10.2. The third kappa shape index (κ3) is 9.75. The van der Waals surface area contributed by atoms with Crippen LogP contribution >= 0.6 is 0 Å². The zero-order valence-corrected chi connectivity index (χ0v) is 28.2. The number of carbonyl (C=O) groups is 2. The number of aromatic nitrogens is 3. The van der Waals surface area contributed by atoms with E-state index < -0.39 is 28.8 Å². The van der Waals surface area contributed by atoms with E-state index in [1.165, 1.54) is 5.56 Å². The van der Waals surface area contributed by atoms with Crippen molar-refractivity contribution in [1.82, 2.24) is 30.1 Å². The third-order valence-corrected chi connectivity index (χ3v) is 7.31. The number of hydrogen-bond acceptors (Lipinski definition) is 8. The van der Waals surface area contributed by atoms with Crippen LogP contribution in [0.5, 0.6) is 0 Å². The lowest BCUT2D eigenvalue weighted by molar-refractivity contribution is 0.0544. The standard InChI is InChI=1S/C34H49N7O4/c1-32(2,3)44-30(42)38-29(39-31(43)45-33(4,5)6)36-21-34(7,8)22-41-25-17-11-10-16-24(25)37-27(41)20-40(9)26-18-12-14-23-15-13-19-35-28(23)26/h10-11,13,15-17,19,26H,12,14,18,20-22H2,1-9H3,(H2,36,38,39,42,43). The number of nitrogens with one attached hydrogen (secondary N) is 2. The van der Waals surface area contributed by atoms with E-state index in [4.69, 9.17) is 19.4 Å². The summed E-state index contributed by atoms with van der Waals surface area (Å²) in [6.07, 6.45) is 3.69. The number of amides is 2. The molecule has 3 aromatic rings. The molecular weight excluding hydrogens is 570 g/mol. The number of fused-ring (bicyclic) bond motifs is 2. The van der Waals surface area contributed by atoms with Gasteiger partial charge in [-0.1, -0.05) is 32.0 Å². The molecule has 0 bridgehead atoms. The van der Waals surface area contributed by atoms with E-state index in [2.05, 4.69) is 58.1 Å². The molecule has 0 spiro atoms. The zero-order valence-electron chi connectivity index (χ0n) is 28.2. The lowest BCUT2D eigenvalue weighted by atomic mass is 9.91. The Balaban J connectivity index is 1.57. The number of nitrogens with zero attached hydrogens (tertiary/aromatic N) is 5. The van der Waals surface area contributed by atoms with Gasteiger partial charge in [0, 0.05) is 24.7 Å². The lowest BCUT2D eigenvalue weighted by Crippen LogP contribution is -2.47. The monoisotopic (exact) mass is 619 g/mol. The highest BCUT2D eigenvalue weighted by Gasteiger charge is 2.28. The average Bonchev–Trinajstić information content (AvgIpc) is 3.25. The number of aliphatic imine (C=N–C) groups is 1. The molecule has 1 aliphatic carbocycles. The number of benzene rings is 1. The molecular formula is C34H49N7O4. The van der Waals surface area contributed by atoms with Crippen molar-refractivity contribution in [1.29, 1.82) is 0 Å². The van der Waals surface area contributed by atoms with Crippen LogP contribution in [0.15, 0.2) is 47.6 Å². The molecule has 0 saturated carbocycles. The van der Waals surface area contributed by atoms with Gasteiger partial charge in [-0.2, -0.15) is 0 Å². The van der Waals surface area contributed by atoms with E-state index in [1.807, 2.05) is 30.5 Å². The largest absolute Gasteiger partial charge is 0.444 e. The van der Waals surface area contributed by atoms with Crippen LogP contribution in [0.4, 0.5) is 9.59 Å². The van der Waals surface area contributed by atoms with Crippen LogP contribution in [-0.2, 0) is 29.0 Å². The average molecular weight is 620 g/mol. The van der Waals surface area contributed by atoms with Gasteiger partial charge in [-0.05, 0) is 91.6 Å². The highest BCUT2D eigenvalue weighted by molar-refractivity contribution is 6.01. The van der Waals surface area contributed by atoms with Crippen molar-refractivity contribution in [2.75, 3.05) is 13.6 Å². The minimum absolute atomic E-state index is 0.0366. The molecule has 11 nitrogen and oxygen atoms in total. The Morgan fingerprint density at radius 3 is 2.27 bits per heavy atom. The van der Waals surface area contributed by atoms with E-state index in [1.54, 1.807) is 41.5 Å². The molecule has 1 atom stereocenters. The maximum Gasteiger partial charge on any atom is 0.414 e. The van der Waals surface area contributed by atoms with Gasteiger partial charge in [0.15, 0.2) is 0 Å². The van der Waals surface area contributed by atoms with Crippen LogP contribution in [0, 0.1) is 5.41 Å². The van der Waals surface area contributed by atoms with Gasteiger partial charge < -0.3 is 14.0 Å². The molecule has 45 heavy (non-hydrogen) atoms. The molecule has 0 aliphatic heterocycles. The van der Waals surface area contributed by atoms with Crippen molar-refractivity contribution in [3.8, 4) is 0 Å². The summed E-state index contributed by atoms with van der Waals surface area (Å²) in [4.78, 5) is 41.9. The van der Waals surface area contributed by atoms with E-state index in [0.717, 1.165) is 41.8 Å². The van der Waals surface area contributed by atoms with Crippen molar-refractivity contribution in [3.05, 3.63) is 59.7 Å². The first-order valence-electron chi connectivity index (χ1n) is 15.6. The fraction of sp³-hybridized carbons (Fsp3) is 0.559. The normalized spacial score (nSPS) is 15.4. The predicted molar refractivity (Wildman–Crippen MR) is 176 cm³/mol. The van der Waals surface area contributed by atoms with E-state index in [9.17, 15) is 9.59 Å². The second-order valence-corrected chi connectivity index (χ2v) is 14.6. The van der Waals surface area contributed by atoms with Crippen LogP contribution in [0.2, 0.25) is 0 Å². The summed E-state index contributed by atoms with van der Waals surface area (Å²) in [7, 11) is 2.14. The minimum atomic E-state index is -0.722. The van der Waals surface area contributed by atoms with Crippen LogP contribution in [-0.4, -0.2) is 62.4 Å². The van der Waals surface area contributed by atoms with Gasteiger partial charge in [-0.15, -0.1) is 0 Å². The number of rotatable bonds is 7. The summed E-state index contributed by atoms with van der Waals surface area (Å²) >= 11 is 0. The Labute approximate surface area is 266 Å². The maximum atomic E-state index is 12.6. The molecule has 1 aliphatic rings. The van der Waals surface area contributed by atoms with Gasteiger partial charge in [-0.3, -0.25) is 25.5 Å². The SMILES string of the molecule is CN(Cc1nc2ccccc2n1CC(C)(C)CN=C(NC(=O)OC(C)(C)C)NC(=O)OC(C)(C)C)C1CCCc2cccnc21. The minimum Gasteiger partial charge on any atom is -0.444 e. The van der Waals surface area contributed by atoms with Crippen molar-refractivity contribution < 1.29 is 19.1 Å². The number of pyridine rings is 1. The predicted octanol–water partition coefficient (Wildman–Crippen LogP) is 6.37. The van der Waals surface area contributed by atoms with Crippen molar-refractivity contribution in [3.63, 3.8) is 0 Å². The second-order valence-electron chi connectivity index (χ2n) is 14.6. The highest BCUT2D eigenvalue weighted by atomic mass is 16.6. The van der Waals surface area contributed by atoms with Crippen LogP contribution in [0.1, 0.15) is 91.4 Å².